The van der Waals surface area contributed by atoms with Crippen LogP contribution in [0, 0.1) is 18.3 Å². The number of pyridine rings is 1. The maximum atomic E-state index is 11.5. The summed E-state index contributed by atoms with van der Waals surface area (Å²) in [6, 6.07) is 5.62. The van der Waals surface area contributed by atoms with Crippen molar-refractivity contribution in [1.29, 1.82) is 5.26 Å². The molecular formula is C15H20N4O2. The van der Waals surface area contributed by atoms with Gasteiger partial charge in [-0.25, -0.2) is 4.98 Å². The van der Waals surface area contributed by atoms with E-state index in [1.54, 1.807) is 26.1 Å². The van der Waals surface area contributed by atoms with Crippen LogP contribution >= 0.6 is 0 Å². The quantitative estimate of drug-likeness (QED) is 0.856. The van der Waals surface area contributed by atoms with Crippen LogP contribution in [0.5, 0.6) is 0 Å². The molecule has 1 atom stereocenters. The van der Waals surface area contributed by atoms with Gasteiger partial charge in [-0.05, 0) is 31.9 Å². The molecule has 1 aromatic rings. The molecular weight excluding hydrogens is 268 g/mol. The number of carbonyl (C=O) groups is 1. The van der Waals surface area contributed by atoms with E-state index in [0.717, 1.165) is 18.8 Å². The lowest BCUT2D eigenvalue weighted by molar-refractivity contribution is -0.125. The third kappa shape index (κ3) is 3.50. The highest BCUT2D eigenvalue weighted by molar-refractivity contribution is 5.76. The first-order valence-corrected chi connectivity index (χ1v) is 7.03. The molecule has 1 fully saturated rings. The van der Waals surface area contributed by atoms with Gasteiger partial charge >= 0.3 is 0 Å². The summed E-state index contributed by atoms with van der Waals surface area (Å²) in [6.45, 7) is 2.95. The van der Waals surface area contributed by atoms with Gasteiger partial charge in [0.05, 0.1) is 23.3 Å². The fraction of sp³-hybridized carbons (Fsp3) is 0.533. The number of aliphatic hydroxyl groups is 1. The van der Waals surface area contributed by atoms with Gasteiger partial charge in [-0.3, -0.25) is 4.79 Å². The summed E-state index contributed by atoms with van der Waals surface area (Å²) >= 11 is 0. The van der Waals surface area contributed by atoms with Gasteiger partial charge in [0.2, 0.25) is 5.91 Å². The predicted octanol–water partition coefficient (Wildman–Crippen LogP) is 0.729. The molecule has 0 bridgehead atoms. The summed E-state index contributed by atoms with van der Waals surface area (Å²) in [5.41, 5.74) is 0.203. The molecule has 0 aromatic carbocycles. The van der Waals surface area contributed by atoms with Crippen molar-refractivity contribution in [2.45, 2.75) is 31.8 Å². The van der Waals surface area contributed by atoms with Crippen LogP contribution in [0.25, 0.3) is 0 Å². The Hall–Kier alpha value is -2.13. The van der Waals surface area contributed by atoms with E-state index in [1.807, 2.05) is 4.90 Å². The number of β-amino-alcohol motifs (C(OH)–C–C–N with tert-alkyl or cyclic N) is 1. The van der Waals surface area contributed by atoms with Gasteiger partial charge in [0.1, 0.15) is 11.9 Å². The highest BCUT2D eigenvalue weighted by Gasteiger charge is 2.35. The molecule has 1 aliphatic rings. The van der Waals surface area contributed by atoms with Crippen LogP contribution in [0.3, 0.4) is 0 Å². The number of aromatic nitrogens is 1. The molecule has 6 heteroatoms. The van der Waals surface area contributed by atoms with E-state index in [0.29, 0.717) is 24.2 Å². The molecule has 1 amide bonds. The molecule has 2 N–H and O–H groups in total. The highest BCUT2D eigenvalue weighted by atomic mass is 16.3. The minimum Gasteiger partial charge on any atom is -0.388 e. The first kappa shape index (κ1) is 15.3. The Balaban J connectivity index is 2.16. The average molecular weight is 288 g/mol. The fourth-order valence-corrected chi connectivity index (χ4v) is 2.68. The molecule has 1 aliphatic heterocycles. The van der Waals surface area contributed by atoms with Gasteiger partial charge in [-0.15, -0.1) is 0 Å². The van der Waals surface area contributed by atoms with E-state index in [4.69, 9.17) is 5.26 Å². The van der Waals surface area contributed by atoms with Crippen LogP contribution in [0.4, 0.5) is 5.82 Å². The van der Waals surface area contributed by atoms with Gasteiger partial charge in [0.15, 0.2) is 0 Å². The minimum atomic E-state index is -1.03. The van der Waals surface area contributed by atoms with Crippen molar-refractivity contribution in [3.63, 3.8) is 0 Å². The molecule has 6 nitrogen and oxygen atoms in total. The maximum Gasteiger partial charge on any atom is 0.222 e. The molecule has 21 heavy (non-hydrogen) atoms. The van der Waals surface area contributed by atoms with Crippen molar-refractivity contribution in [3.05, 3.63) is 23.4 Å². The Kier molecular flexibility index (Phi) is 4.43. The number of hydrogen-bond acceptors (Lipinski definition) is 5. The first-order valence-electron chi connectivity index (χ1n) is 7.03. The predicted molar refractivity (Wildman–Crippen MR) is 78.8 cm³/mol. The molecule has 0 saturated carbocycles. The Morgan fingerprint density at radius 3 is 3.00 bits per heavy atom. The van der Waals surface area contributed by atoms with Crippen molar-refractivity contribution in [1.82, 2.24) is 10.3 Å². The van der Waals surface area contributed by atoms with E-state index < -0.39 is 5.60 Å². The smallest absolute Gasteiger partial charge is 0.222 e. The van der Waals surface area contributed by atoms with E-state index >= 15 is 0 Å². The second-order valence-corrected chi connectivity index (χ2v) is 5.51. The number of aryl methyl sites for hydroxylation is 1. The van der Waals surface area contributed by atoms with Crippen LogP contribution < -0.4 is 10.2 Å². The Labute approximate surface area is 124 Å². The average Bonchev–Trinajstić information content (AvgIpc) is 2.46. The summed E-state index contributed by atoms with van der Waals surface area (Å²) in [6.07, 6.45) is 1.50. The molecule has 1 saturated heterocycles. The zero-order valence-corrected chi connectivity index (χ0v) is 12.4. The molecule has 0 radical (unpaired) electrons. The van der Waals surface area contributed by atoms with Crippen molar-refractivity contribution >= 4 is 11.7 Å². The van der Waals surface area contributed by atoms with E-state index in [-0.39, 0.29) is 12.3 Å². The lowest BCUT2D eigenvalue weighted by Gasteiger charge is -2.39. The third-order valence-corrected chi connectivity index (χ3v) is 3.84. The monoisotopic (exact) mass is 288 g/mol. The fourth-order valence-electron chi connectivity index (χ4n) is 2.68. The highest BCUT2D eigenvalue weighted by Crippen LogP contribution is 2.27. The summed E-state index contributed by atoms with van der Waals surface area (Å²) in [5, 5.41) is 22.1. The minimum absolute atomic E-state index is 0.0925. The summed E-state index contributed by atoms with van der Waals surface area (Å²) in [5.74, 6) is 0.574. The third-order valence-electron chi connectivity index (χ3n) is 3.84. The number of nitrogens with one attached hydrogen (secondary N) is 1. The van der Waals surface area contributed by atoms with Crippen LogP contribution in [0.15, 0.2) is 12.1 Å². The number of piperidine rings is 1. The van der Waals surface area contributed by atoms with Crippen LogP contribution in [0.2, 0.25) is 0 Å². The summed E-state index contributed by atoms with van der Waals surface area (Å²) in [7, 11) is 1.57. The van der Waals surface area contributed by atoms with E-state index in [1.165, 1.54) is 0 Å². The lowest BCUT2D eigenvalue weighted by atomic mass is 9.89. The topological polar surface area (TPSA) is 89.2 Å². The van der Waals surface area contributed by atoms with E-state index in [9.17, 15) is 9.90 Å². The second-order valence-electron chi connectivity index (χ2n) is 5.51. The standard InChI is InChI=1S/C15H20N4O2/c1-11-12(9-16)4-5-13(18-11)19-7-3-6-15(21,10-19)8-14(20)17-2/h4-5,21H,3,6-8,10H2,1-2H3,(H,17,20). The van der Waals surface area contributed by atoms with Crippen LogP contribution in [-0.4, -0.2) is 41.7 Å². The zero-order chi connectivity index (χ0) is 15.5. The van der Waals surface area contributed by atoms with Gasteiger partial charge < -0.3 is 15.3 Å². The Morgan fingerprint density at radius 2 is 2.38 bits per heavy atom. The molecule has 2 rings (SSSR count). The van der Waals surface area contributed by atoms with E-state index in [2.05, 4.69) is 16.4 Å². The number of rotatable bonds is 3. The van der Waals surface area contributed by atoms with Crippen molar-refractivity contribution in [3.8, 4) is 6.07 Å². The molecule has 1 unspecified atom stereocenters. The van der Waals surface area contributed by atoms with Crippen LogP contribution in [0.1, 0.15) is 30.5 Å². The molecule has 1 aromatic heterocycles. The Morgan fingerprint density at radius 1 is 1.62 bits per heavy atom. The number of hydrogen-bond donors (Lipinski definition) is 2. The molecule has 0 aliphatic carbocycles. The SMILES string of the molecule is CNC(=O)CC1(O)CCCN(c2ccc(C#N)c(C)n2)C1. The number of amides is 1. The molecule has 2 heterocycles. The van der Waals surface area contributed by atoms with Gasteiger partial charge in [-0.1, -0.05) is 0 Å². The number of carbonyl (C=O) groups excluding carboxylic acids is 1. The van der Waals surface area contributed by atoms with Crippen molar-refractivity contribution < 1.29 is 9.90 Å². The summed E-state index contributed by atoms with van der Waals surface area (Å²) in [4.78, 5) is 17.9. The summed E-state index contributed by atoms with van der Waals surface area (Å²) < 4.78 is 0. The van der Waals surface area contributed by atoms with Crippen molar-refractivity contribution in [2.24, 2.45) is 0 Å². The maximum absolute atomic E-state index is 11.5. The number of anilines is 1. The van der Waals surface area contributed by atoms with Gasteiger partial charge in [-0.2, -0.15) is 5.26 Å². The van der Waals surface area contributed by atoms with Crippen molar-refractivity contribution in [2.75, 3.05) is 25.0 Å². The first-order chi connectivity index (χ1) is 9.97. The van der Waals surface area contributed by atoms with Gasteiger partial charge in [0, 0.05) is 20.1 Å². The Bertz CT molecular complexity index is 582. The number of nitrogens with zero attached hydrogens (tertiary/aromatic N) is 3. The molecule has 112 valence electrons. The lowest BCUT2D eigenvalue weighted by Crippen LogP contribution is -2.50. The van der Waals surface area contributed by atoms with Crippen LogP contribution in [-0.2, 0) is 4.79 Å². The second kappa shape index (κ2) is 6.10. The normalized spacial score (nSPS) is 21.7. The van der Waals surface area contributed by atoms with Gasteiger partial charge in [0.25, 0.3) is 0 Å². The largest absolute Gasteiger partial charge is 0.388 e. The zero-order valence-electron chi connectivity index (χ0n) is 12.4. The molecule has 0 spiro atoms. The number of nitriles is 1.